The molecule has 3 rings (SSSR count). The van der Waals surface area contributed by atoms with Crippen molar-refractivity contribution in [3.05, 3.63) is 52.8 Å². The molecule has 1 saturated carbocycles. The van der Waals surface area contributed by atoms with E-state index in [4.69, 9.17) is 0 Å². The van der Waals surface area contributed by atoms with Gasteiger partial charge in [0, 0.05) is 36.0 Å². The summed E-state index contributed by atoms with van der Waals surface area (Å²) < 4.78 is 30.6. The van der Waals surface area contributed by atoms with Crippen molar-refractivity contribution in [1.82, 2.24) is 13.8 Å². The molecule has 0 saturated heterocycles. The monoisotopic (exact) mass is 481 g/mol. The zero-order chi connectivity index (χ0) is 21.2. The highest BCUT2D eigenvalue weighted by Crippen LogP contribution is 2.32. The highest BCUT2D eigenvalue weighted by atomic mass is 79.9. The number of rotatable bonds is 9. The minimum Gasteiger partial charge on any atom is -0.353 e. The second-order valence-electron chi connectivity index (χ2n) is 8.01. The molecule has 1 heterocycles. The van der Waals surface area contributed by atoms with E-state index in [1.54, 1.807) is 29.2 Å². The molecule has 2 aromatic rings. The number of nitrogens with zero attached hydrogens (tertiary/aromatic N) is 3. The van der Waals surface area contributed by atoms with Crippen molar-refractivity contribution in [3.63, 3.8) is 0 Å². The first-order valence-corrected chi connectivity index (χ1v) is 12.1. The van der Waals surface area contributed by atoms with Crippen molar-refractivity contribution in [2.45, 2.75) is 44.2 Å². The number of hydrogen-bond donors (Lipinski definition) is 0. The van der Waals surface area contributed by atoms with Gasteiger partial charge in [0.2, 0.25) is 15.9 Å². The Morgan fingerprint density at radius 1 is 1.21 bits per heavy atom. The number of halogens is 1. The van der Waals surface area contributed by atoms with Crippen molar-refractivity contribution < 1.29 is 13.2 Å². The Kier molecular flexibility index (Phi) is 6.86. The van der Waals surface area contributed by atoms with Crippen LogP contribution in [0.15, 0.2) is 52.0 Å². The van der Waals surface area contributed by atoms with E-state index in [0.29, 0.717) is 13.1 Å². The molecule has 1 aliphatic carbocycles. The molecular weight excluding hydrogens is 454 g/mol. The van der Waals surface area contributed by atoms with Gasteiger partial charge in [-0.3, -0.25) is 4.79 Å². The third-order valence-corrected chi connectivity index (χ3v) is 7.45. The number of carbonyl (C=O) groups is 1. The number of benzene rings is 1. The highest BCUT2D eigenvalue weighted by molar-refractivity contribution is 9.10. The number of sulfonamides is 1. The van der Waals surface area contributed by atoms with Crippen LogP contribution in [0.5, 0.6) is 0 Å². The normalized spacial score (nSPS) is 14.6. The van der Waals surface area contributed by atoms with Crippen molar-refractivity contribution >= 4 is 31.9 Å². The van der Waals surface area contributed by atoms with Crippen LogP contribution in [0.2, 0.25) is 0 Å². The number of carbonyl (C=O) groups excluding carboxylic acids is 1. The first-order valence-electron chi connectivity index (χ1n) is 9.84. The fourth-order valence-corrected chi connectivity index (χ4v) is 5.20. The molecule has 8 heteroatoms. The van der Waals surface area contributed by atoms with Gasteiger partial charge in [-0.1, -0.05) is 29.8 Å². The van der Waals surface area contributed by atoms with Crippen LogP contribution in [0.1, 0.15) is 32.4 Å². The van der Waals surface area contributed by atoms with Gasteiger partial charge in [-0.15, -0.1) is 0 Å². The molecule has 1 aromatic carbocycles. The molecule has 0 unspecified atom stereocenters. The Bertz CT molecular complexity index is 950. The van der Waals surface area contributed by atoms with Gasteiger partial charge in [0.1, 0.15) is 0 Å². The van der Waals surface area contributed by atoms with Crippen LogP contribution in [0.4, 0.5) is 0 Å². The van der Waals surface area contributed by atoms with Crippen molar-refractivity contribution in [1.29, 1.82) is 0 Å². The smallest absolute Gasteiger partial charge is 0.243 e. The van der Waals surface area contributed by atoms with Crippen LogP contribution in [-0.4, -0.2) is 47.2 Å². The van der Waals surface area contributed by atoms with E-state index in [-0.39, 0.29) is 29.3 Å². The first-order chi connectivity index (χ1) is 13.7. The Labute approximate surface area is 181 Å². The Morgan fingerprint density at radius 2 is 1.86 bits per heavy atom. The van der Waals surface area contributed by atoms with Crippen LogP contribution in [0.25, 0.3) is 0 Å². The van der Waals surface area contributed by atoms with Gasteiger partial charge in [-0.2, -0.15) is 4.31 Å². The molecule has 29 heavy (non-hydrogen) atoms. The van der Waals surface area contributed by atoms with Crippen molar-refractivity contribution in [2.24, 2.45) is 13.0 Å². The molecule has 0 spiro atoms. The van der Waals surface area contributed by atoms with Gasteiger partial charge >= 0.3 is 0 Å². The molecule has 6 nitrogen and oxygen atoms in total. The lowest BCUT2D eigenvalue weighted by molar-refractivity contribution is -0.132. The molecule has 0 radical (unpaired) electrons. The Morgan fingerprint density at radius 3 is 2.38 bits per heavy atom. The molecule has 1 fully saturated rings. The highest BCUT2D eigenvalue weighted by Gasteiger charge is 2.40. The quantitative estimate of drug-likeness (QED) is 0.549. The summed E-state index contributed by atoms with van der Waals surface area (Å²) in [5.74, 6) is 0.129. The summed E-state index contributed by atoms with van der Waals surface area (Å²) in [6.07, 6.45) is 3.54. The maximum Gasteiger partial charge on any atom is 0.243 e. The molecule has 0 bridgehead atoms. The molecule has 0 atom stereocenters. The molecular formula is C21H28BrN3O3S. The topological polar surface area (TPSA) is 62.6 Å². The first kappa shape index (κ1) is 22.1. The summed E-state index contributed by atoms with van der Waals surface area (Å²) >= 11 is 3.34. The summed E-state index contributed by atoms with van der Waals surface area (Å²) in [5, 5.41) is 0. The largest absolute Gasteiger partial charge is 0.353 e. The molecule has 1 amide bonds. The van der Waals surface area contributed by atoms with Crippen LogP contribution in [0, 0.1) is 5.92 Å². The lowest BCUT2D eigenvalue weighted by Gasteiger charge is -2.28. The zero-order valence-electron chi connectivity index (χ0n) is 17.1. The summed E-state index contributed by atoms with van der Waals surface area (Å²) in [5.41, 5.74) is 1.02. The third-order valence-electron chi connectivity index (χ3n) is 5.01. The van der Waals surface area contributed by atoms with Gasteiger partial charge in [0.05, 0.1) is 18.0 Å². The van der Waals surface area contributed by atoms with Gasteiger partial charge in [-0.05, 0) is 55.2 Å². The lowest BCUT2D eigenvalue weighted by Crippen LogP contribution is -2.44. The number of aromatic nitrogens is 1. The van der Waals surface area contributed by atoms with E-state index in [2.05, 4.69) is 29.8 Å². The van der Waals surface area contributed by atoms with E-state index >= 15 is 0 Å². The second-order valence-corrected chi connectivity index (χ2v) is 10.8. The van der Waals surface area contributed by atoms with Crippen LogP contribution in [-0.2, 0) is 28.4 Å². The number of aryl methyl sites for hydroxylation is 1. The van der Waals surface area contributed by atoms with Crippen molar-refractivity contribution in [3.8, 4) is 0 Å². The van der Waals surface area contributed by atoms with E-state index in [1.807, 2.05) is 29.9 Å². The van der Waals surface area contributed by atoms with E-state index in [9.17, 15) is 13.2 Å². The summed E-state index contributed by atoms with van der Waals surface area (Å²) in [6.45, 7) is 5.05. The standard InChI is InChI=1S/C21H28BrN3O3S/c1-16(2)13-24(14-19-5-4-12-23(19)3)21(26)15-25(18-8-9-18)29(27,28)20-10-6-17(22)7-11-20/h4-7,10-12,16,18H,8-9,13-15H2,1-3H3. The molecule has 1 aromatic heterocycles. The van der Waals surface area contributed by atoms with Gasteiger partial charge in [0.15, 0.2) is 0 Å². The SMILES string of the molecule is CC(C)CN(Cc1cccn1C)C(=O)CN(C1CC1)S(=O)(=O)c1ccc(Br)cc1. The van der Waals surface area contributed by atoms with Gasteiger partial charge < -0.3 is 9.47 Å². The van der Waals surface area contributed by atoms with Crippen LogP contribution < -0.4 is 0 Å². The summed E-state index contributed by atoms with van der Waals surface area (Å²) in [7, 11) is -1.78. The predicted molar refractivity (Wildman–Crippen MR) is 117 cm³/mol. The van der Waals surface area contributed by atoms with Crippen LogP contribution >= 0.6 is 15.9 Å². The fraction of sp³-hybridized carbons (Fsp3) is 0.476. The molecule has 0 aliphatic heterocycles. The Hall–Kier alpha value is -1.64. The summed E-state index contributed by atoms with van der Waals surface area (Å²) in [4.78, 5) is 15.2. The maximum atomic E-state index is 13.2. The van der Waals surface area contributed by atoms with Gasteiger partial charge in [0.25, 0.3) is 0 Å². The average Bonchev–Trinajstić information content (AvgIpc) is 3.41. The molecule has 1 aliphatic rings. The Balaban J connectivity index is 1.81. The number of hydrogen-bond acceptors (Lipinski definition) is 3. The zero-order valence-corrected chi connectivity index (χ0v) is 19.5. The third kappa shape index (κ3) is 5.49. The minimum absolute atomic E-state index is 0.0940. The summed E-state index contributed by atoms with van der Waals surface area (Å²) in [6, 6.07) is 10.4. The predicted octanol–water partition coefficient (Wildman–Crippen LogP) is 3.63. The average molecular weight is 482 g/mol. The van der Waals surface area contributed by atoms with E-state index in [0.717, 1.165) is 23.0 Å². The van der Waals surface area contributed by atoms with E-state index in [1.165, 1.54) is 4.31 Å². The van der Waals surface area contributed by atoms with Crippen molar-refractivity contribution in [2.75, 3.05) is 13.1 Å². The minimum atomic E-state index is -3.72. The maximum absolute atomic E-state index is 13.2. The van der Waals surface area contributed by atoms with Gasteiger partial charge in [-0.25, -0.2) is 8.42 Å². The molecule has 158 valence electrons. The van der Waals surface area contributed by atoms with Crippen LogP contribution in [0.3, 0.4) is 0 Å². The van der Waals surface area contributed by atoms with E-state index < -0.39 is 10.0 Å². The lowest BCUT2D eigenvalue weighted by atomic mass is 10.2. The second kappa shape index (κ2) is 9.02. The number of amides is 1. The fourth-order valence-electron chi connectivity index (χ4n) is 3.30. The molecule has 0 N–H and O–H groups in total.